The van der Waals surface area contributed by atoms with Crippen LogP contribution < -0.4 is 5.73 Å². The van der Waals surface area contributed by atoms with Crippen molar-refractivity contribution in [3.05, 3.63) is 36.0 Å². The molecule has 0 spiro atoms. The van der Waals surface area contributed by atoms with Crippen LogP contribution in [0.25, 0.3) is 10.9 Å². The number of nitrogens with zero attached hydrogens (tertiary/aromatic N) is 2. The Kier molecular flexibility index (Phi) is 4.51. The average molecular weight is 273 g/mol. The molecule has 0 amide bonds. The number of aromatic nitrogens is 1. The van der Waals surface area contributed by atoms with Crippen LogP contribution in [-0.4, -0.2) is 29.6 Å². The van der Waals surface area contributed by atoms with Gasteiger partial charge in [-0.1, -0.05) is 32.0 Å². The van der Waals surface area contributed by atoms with Crippen LogP contribution in [-0.2, 0) is 13.1 Å². The van der Waals surface area contributed by atoms with Gasteiger partial charge in [0.05, 0.1) is 0 Å². The molecule has 0 saturated heterocycles. The number of rotatable bonds is 6. The summed E-state index contributed by atoms with van der Waals surface area (Å²) in [6.45, 7) is 10.3. The largest absolute Gasteiger partial charge is 0.347 e. The number of hydrogen-bond acceptors (Lipinski definition) is 2. The van der Waals surface area contributed by atoms with E-state index in [9.17, 15) is 0 Å². The molecular weight excluding hydrogens is 246 g/mol. The summed E-state index contributed by atoms with van der Waals surface area (Å²) in [6.07, 6.45) is 2.29. The highest BCUT2D eigenvalue weighted by atomic mass is 15.1. The molecule has 110 valence electrons. The smallest absolute Gasteiger partial charge is 0.0483 e. The van der Waals surface area contributed by atoms with Gasteiger partial charge in [0.1, 0.15) is 0 Å². The Morgan fingerprint density at radius 1 is 1.25 bits per heavy atom. The van der Waals surface area contributed by atoms with E-state index in [0.717, 1.165) is 19.6 Å². The quantitative estimate of drug-likeness (QED) is 0.877. The lowest BCUT2D eigenvalue weighted by molar-refractivity contribution is 0.210. The van der Waals surface area contributed by atoms with Gasteiger partial charge >= 0.3 is 0 Å². The molecule has 0 atom stereocenters. The van der Waals surface area contributed by atoms with E-state index in [1.807, 2.05) is 0 Å². The van der Waals surface area contributed by atoms with E-state index in [1.54, 1.807) is 0 Å². The van der Waals surface area contributed by atoms with Crippen LogP contribution in [0.15, 0.2) is 30.5 Å². The molecule has 3 nitrogen and oxygen atoms in total. The fourth-order valence-electron chi connectivity index (χ4n) is 2.85. The van der Waals surface area contributed by atoms with E-state index in [0.29, 0.717) is 6.54 Å². The summed E-state index contributed by atoms with van der Waals surface area (Å²) in [7, 11) is 2.18. The number of para-hydroxylation sites is 1. The van der Waals surface area contributed by atoms with Crippen LogP contribution in [0.5, 0.6) is 0 Å². The van der Waals surface area contributed by atoms with Gasteiger partial charge in [0, 0.05) is 36.7 Å². The van der Waals surface area contributed by atoms with E-state index >= 15 is 0 Å². The van der Waals surface area contributed by atoms with Crippen LogP contribution >= 0.6 is 0 Å². The first-order chi connectivity index (χ1) is 9.46. The molecule has 2 aromatic rings. The summed E-state index contributed by atoms with van der Waals surface area (Å²) in [6, 6.07) is 8.65. The number of aryl methyl sites for hydroxylation is 1. The minimum absolute atomic E-state index is 0.165. The Morgan fingerprint density at radius 3 is 2.60 bits per heavy atom. The molecule has 0 fully saturated rings. The molecule has 0 radical (unpaired) electrons. The number of benzene rings is 1. The summed E-state index contributed by atoms with van der Waals surface area (Å²) in [5, 5.41) is 1.37. The molecule has 2 rings (SSSR count). The Bertz CT molecular complexity index is 569. The number of hydrogen-bond donors (Lipinski definition) is 1. The third kappa shape index (κ3) is 3.22. The van der Waals surface area contributed by atoms with Gasteiger partial charge < -0.3 is 15.2 Å². The molecule has 0 saturated carbocycles. The number of nitrogens with two attached hydrogens (primary N) is 1. The highest BCUT2D eigenvalue weighted by Gasteiger charge is 2.19. The lowest BCUT2D eigenvalue weighted by Crippen LogP contribution is -2.36. The second kappa shape index (κ2) is 5.98. The van der Waals surface area contributed by atoms with Gasteiger partial charge in [-0.3, -0.25) is 0 Å². The second-order valence-electron chi connectivity index (χ2n) is 6.50. The Labute approximate surface area is 122 Å². The zero-order chi connectivity index (χ0) is 14.8. The van der Waals surface area contributed by atoms with Crippen molar-refractivity contribution in [2.45, 2.75) is 33.9 Å². The van der Waals surface area contributed by atoms with Gasteiger partial charge in [0.25, 0.3) is 0 Å². The third-order valence-electron chi connectivity index (χ3n) is 3.90. The fraction of sp³-hybridized carbons (Fsp3) is 0.529. The number of fused-ring (bicyclic) bond motifs is 1. The predicted molar refractivity (Wildman–Crippen MR) is 86.8 cm³/mol. The summed E-state index contributed by atoms with van der Waals surface area (Å²) >= 11 is 0. The SMILES string of the molecule is CCn1cc(CN(C)CC(C)(C)CN)c2ccccc21. The average Bonchev–Trinajstić information content (AvgIpc) is 2.76. The molecule has 1 aromatic heterocycles. The maximum absolute atomic E-state index is 5.83. The van der Waals surface area contributed by atoms with E-state index in [1.165, 1.54) is 16.5 Å². The lowest BCUT2D eigenvalue weighted by atomic mass is 9.93. The van der Waals surface area contributed by atoms with Crippen molar-refractivity contribution in [2.75, 3.05) is 20.1 Å². The van der Waals surface area contributed by atoms with Gasteiger partial charge in [0.15, 0.2) is 0 Å². The van der Waals surface area contributed by atoms with Gasteiger partial charge in [-0.05, 0) is 37.6 Å². The minimum Gasteiger partial charge on any atom is -0.347 e. The summed E-state index contributed by atoms with van der Waals surface area (Å²) in [5.41, 5.74) is 8.73. The van der Waals surface area contributed by atoms with Crippen LogP contribution in [0.4, 0.5) is 0 Å². The van der Waals surface area contributed by atoms with E-state index in [-0.39, 0.29) is 5.41 Å². The zero-order valence-corrected chi connectivity index (χ0v) is 13.2. The van der Waals surface area contributed by atoms with Crippen molar-refractivity contribution in [1.82, 2.24) is 9.47 Å². The maximum Gasteiger partial charge on any atom is 0.0483 e. The second-order valence-corrected chi connectivity index (χ2v) is 6.50. The molecule has 2 N–H and O–H groups in total. The highest BCUT2D eigenvalue weighted by molar-refractivity contribution is 5.83. The molecule has 3 heteroatoms. The topological polar surface area (TPSA) is 34.2 Å². The van der Waals surface area contributed by atoms with Crippen molar-refractivity contribution in [1.29, 1.82) is 0 Å². The molecule has 1 aromatic carbocycles. The van der Waals surface area contributed by atoms with Crippen LogP contribution in [0.3, 0.4) is 0 Å². The van der Waals surface area contributed by atoms with Crippen molar-refractivity contribution in [3.8, 4) is 0 Å². The van der Waals surface area contributed by atoms with Gasteiger partial charge in [-0.25, -0.2) is 0 Å². The summed E-state index contributed by atoms with van der Waals surface area (Å²) in [5.74, 6) is 0. The Hall–Kier alpha value is -1.32. The molecule has 1 heterocycles. The van der Waals surface area contributed by atoms with Crippen molar-refractivity contribution >= 4 is 10.9 Å². The van der Waals surface area contributed by atoms with E-state index in [2.05, 4.69) is 67.7 Å². The predicted octanol–water partition coefficient (Wildman–Crippen LogP) is 3.08. The minimum atomic E-state index is 0.165. The zero-order valence-electron chi connectivity index (χ0n) is 13.2. The standard InChI is InChI=1S/C17H27N3/c1-5-20-11-14(15-8-6-7-9-16(15)20)10-19(4)13-17(2,3)12-18/h6-9,11H,5,10,12-13,18H2,1-4H3. The summed E-state index contributed by atoms with van der Waals surface area (Å²) < 4.78 is 2.33. The van der Waals surface area contributed by atoms with E-state index < -0.39 is 0 Å². The van der Waals surface area contributed by atoms with Crippen molar-refractivity contribution in [3.63, 3.8) is 0 Å². The molecule has 0 aliphatic carbocycles. The van der Waals surface area contributed by atoms with Gasteiger partial charge in [0.2, 0.25) is 0 Å². The Balaban J connectivity index is 2.21. The van der Waals surface area contributed by atoms with Crippen molar-refractivity contribution < 1.29 is 0 Å². The molecular formula is C17H27N3. The third-order valence-corrected chi connectivity index (χ3v) is 3.90. The van der Waals surface area contributed by atoms with Crippen LogP contribution in [0, 0.1) is 5.41 Å². The van der Waals surface area contributed by atoms with Crippen LogP contribution in [0.2, 0.25) is 0 Å². The Morgan fingerprint density at radius 2 is 1.95 bits per heavy atom. The summed E-state index contributed by atoms with van der Waals surface area (Å²) in [4.78, 5) is 2.37. The first-order valence-electron chi connectivity index (χ1n) is 7.42. The molecule has 20 heavy (non-hydrogen) atoms. The first-order valence-corrected chi connectivity index (χ1v) is 7.42. The molecule has 0 unspecified atom stereocenters. The lowest BCUT2D eigenvalue weighted by Gasteiger charge is -2.28. The van der Waals surface area contributed by atoms with Crippen molar-refractivity contribution in [2.24, 2.45) is 11.1 Å². The van der Waals surface area contributed by atoms with Crippen LogP contribution in [0.1, 0.15) is 26.3 Å². The molecule has 0 aliphatic heterocycles. The first kappa shape index (κ1) is 15.1. The van der Waals surface area contributed by atoms with Gasteiger partial charge in [-0.2, -0.15) is 0 Å². The fourth-order valence-corrected chi connectivity index (χ4v) is 2.85. The molecule has 0 aliphatic rings. The maximum atomic E-state index is 5.83. The van der Waals surface area contributed by atoms with Gasteiger partial charge in [-0.15, -0.1) is 0 Å². The highest BCUT2D eigenvalue weighted by Crippen LogP contribution is 2.23. The normalized spacial score (nSPS) is 12.5. The van der Waals surface area contributed by atoms with E-state index in [4.69, 9.17) is 5.73 Å². The monoisotopic (exact) mass is 273 g/mol. The molecule has 0 bridgehead atoms.